The van der Waals surface area contributed by atoms with Gasteiger partial charge < -0.3 is 9.84 Å². The minimum absolute atomic E-state index is 0.0266. The van der Waals surface area contributed by atoms with Gasteiger partial charge in [-0.25, -0.2) is 18.0 Å². The standard InChI is InChI=1S/C13H15NO6S/c15-12(16)11(8-10-4-2-1-3-5-10)20-13(17)14-6-7-21(18,19)9-14/h1-5,11H,6-9H2,(H,15,16)/t11-/m0/s1. The number of hydrogen-bond donors (Lipinski definition) is 1. The third-order valence-electron chi connectivity index (χ3n) is 3.07. The van der Waals surface area contributed by atoms with Crippen LogP contribution in [0.4, 0.5) is 4.79 Å². The Bertz CT molecular complexity index is 627. The van der Waals surface area contributed by atoms with Crippen molar-refractivity contribution in [1.29, 1.82) is 0 Å². The van der Waals surface area contributed by atoms with E-state index in [9.17, 15) is 18.0 Å². The molecule has 21 heavy (non-hydrogen) atoms. The normalized spacial score (nSPS) is 18.2. The molecule has 0 bridgehead atoms. The van der Waals surface area contributed by atoms with E-state index in [1.807, 2.05) is 0 Å². The van der Waals surface area contributed by atoms with E-state index >= 15 is 0 Å². The summed E-state index contributed by atoms with van der Waals surface area (Å²) in [6, 6.07) is 8.75. The lowest BCUT2D eigenvalue weighted by molar-refractivity contribution is -0.147. The van der Waals surface area contributed by atoms with Crippen molar-refractivity contribution in [2.24, 2.45) is 0 Å². The molecular weight excluding hydrogens is 298 g/mol. The first-order chi connectivity index (χ1) is 9.87. The molecule has 1 fully saturated rings. The predicted molar refractivity (Wildman–Crippen MR) is 73.4 cm³/mol. The van der Waals surface area contributed by atoms with E-state index in [2.05, 4.69) is 0 Å². The van der Waals surface area contributed by atoms with Crippen LogP contribution >= 0.6 is 0 Å². The number of carbonyl (C=O) groups is 2. The number of nitrogens with zero attached hydrogens (tertiary/aromatic N) is 1. The largest absolute Gasteiger partial charge is 0.478 e. The minimum Gasteiger partial charge on any atom is -0.478 e. The lowest BCUT2D eigenvalue weighted by Gasteiger charge is -2.18. The van der Waals surface area contributed by atoms with Gasteiger partial charge in [-0.15, -0.1) is 0 Å². The molecular formula is C13H15NO6S. The molecule has 1 heterocycles. The van der Waals surface area contributed by atoms with E-state index < -0.39 is 33.9 Å². The fraction of sp³-hybridized carbons (Fsp3) is 0.385. The number of carboxylic acid groups (broad SMARTS) is 1. The molecule has 1 atom stereocenters. The van der Waals surface area contributed by atoms with Crippen molar-refractivity contribution >= 4 is 21.9 Å². The van der Waals surface area contributed by atoms with E-state index in [1.54, 1.807) is 30.3 Å². The van der Waals surface area contributed by atoms with Crippen LogP contribution in [0.2, 0.25) is 0 Å². The predicted octanol–water partition coefficient (Wildman–Crippen LogP) is 0.507. The van der Waals surface area contributed by atoms with Crippen molar-refractivity contribution in [3.05, 3.63) is 35.9 Å². The van der Waals surface area contributed by atoms with Crippen LogP contribution in [-0.4, -0.2) is 54.8 Å². The molecule has 1 aliphatic heterocycles. The van der Waals surface area contributed by atoms with Crippen LogP contribution in [0.15, 0.2) is 30.3 Å². The van der Waals surface area contributed by atoms with Crippen LogP contribution in [0.3, 0.4) is 0 Å². The molecule has 1 amide bonds. The van der Waals surface area contributed by atoms with Crippen LogP contribution in [-0.2, 0) is 25.8 Å². The third-order valence-corrected chi connectivity index (χ3v) is 4.58. The van der Waals surface area contributed by atoms with E-state index in [1.165, 1.54) is 0 Å². The maximum absolute atomic E-state index is 11.8. The molecule has 1 saturated heterocycles. The van der Waals surface area contributed by atoms with Gasteiger partial charge in [-0.05, 0) is 5.56 Å². The monoisotopic (exact) mass is 313 g/mol. The van der Waals surface area contributed by atoms with Gasteiger partial charge >= 0.3 is 12.1 Å². The average Bonchev–Trinajstić information content (AvgIpc) is 2.79. The highest BCUT2D eigenvalue weighted by Gasteiger charge is 2.33. The second kappa shape index (κ2) is 6.13. The zero-order valence-corrected chi connectivity index (χ0v) is 12.0. The molecule has 1 aliphatic rings. The fourth-order valence-electron chi connectivity index (χ4n) is 1.96. The second-order valence-corrected chi connectivity index (χ2v) is 6.89. The molecule has 1 aromatic carbocycles. The lowest BCUT2D eigenvalue weighted by atomic mass is 10.1. The van der Waals surface area contributed by atoms with Crippen LogP contribution < -0.4 is 0 Å². The first kappa shape index (κ1) is 15.3. The molecule has 8 heteroatoms. The van der Waals surface area contributed by atoms with E-state index in [0.29, 0.717) is 5.56 Å². The average molecular weight is 313 g/mol. The van der Waals surface area contributed by atoms with E-state index in [-0.39, 0.29) is 18.7 Å². The van der Waals surface area contributed by atoms with Gasteiger partial charge in [0.15, 0.2) is 9.84 Å². The molecule has 114 valence electrons. The number of sulfone groups is 1. The van der Waals surface area contributed by atoms with Crippen molar-refractivity contribution < 1.29 is 27.9 Å². The van der Waals surface area contributed by atoms with Crippen molar-refractivity contribution in [3.8, 4) is 0 Å². The Kier molecular flexibility index (Phi) is 4.46. The SMILES string of the molecule is O=C(O)[C@H](Cc1ccccc1)OC(=O)N1CCS(=O)(=O)C1. The number of benzene rings is 1. The molecule has 0 aliphatic carbocycles. The van der Waals surface area contributed by atoms with E-state index in [0.717, 1.165) is 4.90 Å². The maximum Gasteiger partial charge on any atom is 0.411 e. The smallest absolute Gasteiger partial charge is 0.411 e. The molecule has 0 aromatic heterocycles. The van der Waals surface area contributed by atoms with Gasteiger partial charge in [0.2, 0.25) is 6.10 Å². The van der Waals surface area contributed by atoms with Gasteiger partial charge in [0.1, 0.15) is 5.88 Å². The summed E-state index contributed by atoms with van der Waals surface area (Å²) in [6.07, 6.45) is -2.23. The van der Waals surface area contributed by atoms with E-state index in [4.69, 9.17) is 9.84 Å². The second-order valence-electron chi connectivity index (χ2n) is 4.74. The number of carbonyl (C=O) groups excluding carboxylic acids is 1. The van der Waals surface area contributed by atoms with Crippen molar-refractivity contribution in [2.75, 3.05) is 18.2 Å². The molecule has 1 N–H and O–H groups in total. The Balaban J connectivity index is 2.00. The summed E-state index contributed by atoms with van der Waals surface area (Å²) in [4.78, 5) is 24.0. The fourth-order valence-corrected chi connectivity index (χ4v) is 3.30. The highest BCUT2D eigenvalue weighted by Crippen LogP contribution is 2.12. The number of carboxylic acids is 1. The molecule has 0 spiro atoms. The number of hydrogen-bond acceptors (Lipinski definition) is 5. The zero-order chi connectivity index (χ0) is 15.5. The quantitative estimate of drug-likeness (QED) is 0.869. The number of aliphatic carboxylic acids is 1. The molecule has 0 radical (unpaired) electrons. The van der Waals surface area contributed by atoms with Crippen LogP contribution in [0, 0.1) is 0 Å². The summed E-state index contributed by atoms with van der Waals surface area (Å²) >= 11 is 0. The summed E-state index contributed by atoms with van der Waals surface area (Å²) in [5.41, 5.74) is 0.715. The highest BCUT2D eigenvalue weighted by molar-refractivity contribution is 7.91. The Hall–Kier alpha value is -2.09. The maximum atomic E-state index is 11.8. The van der Waals surface area contributed by atoms with Gasteiger partial charge in [0, 0.05) is 13.0 Å². The minimum atomic E-state index is -3.28. The Morgan fingerprint density at radius 1 is 1.29 bits per heavy atom. The first-order valence-corrected chi connectivity index (χ1v) is 8.12. The zero-order valence-electron chi connectivity index (χ0n) is 11.1. The van der Waals surface area contributed by atoms with Gasteiger partial charge in [0.25, 0.3) is 0 Å². The number of amides is 1. The third kappa shape index (κ3) is 4.19. The van der Waals surface area contributed by atoms with Crippen molar-refractivity contribution in [1.82, 2.24) is 4.90 Å². The topological polar surface area (TPSA) is 101 Å². The van der Waals surface area contributed by atoms with Gasteiger partial charge in [-0.3, -0.25) is 4.90 Å². The summed E-state index contributed by atoms with van der Waals surface area (Å²) in [7, 11) is -3.28. The van der Waals surface area contributed by atoms with Gasteiger partial charge in [0.05, 0.1) is 5.75 Å². The van der Waals surface area contributed by atoms with Crippen molar-refractivity contribution in [3.63, 3.8) is 0 Å². The first-order valence-electron chi connectivity index (χ1n) is 6.30. The molecule has 0 saturated carbocycles. The molecule has 2 rings (SSSR count). The van der Waals surface area contributed by atoms with Crippen LogP contribution in [0.5, 0.6) is 0 Å². The lowest BCUT2D eigenvalue weighted by Crippen LogP contribution is -2.37. The highest BCUT2D eigenvalue weighted by atomic mass is 32.2. The Morgan fingerprint density at radius 3 is 2.48 bits per heavy atom. The summed E-state index contributed by atoms with van der Waals surface area (Å²) < 4.78 is 27.5. The Morgan fingerprint density at radius 2 is 1.95 bits per heavy atom. The number of ether oxygens (including phenoxy) is 1. The molecule has 7 nitrogen and oxygen atoms in total. The van der Waals surface area contributed by atoms with Gasteiger partial charge in [-0.1, -0.05) is 30.3 Å². The summed E-state index contributed by atoms with van der Waals surface area (Å²) in [5.74, 6) is -1.82. The molecule has 0 unspecified atom stereocenters. The Labute approximate surface area is 122 Å². The summed E-state index contributed by atoms with van der Waals surface area (Å²) in [6.45, 7) is 0.0266. The summed E-state index contributed by atoms with van der Waals surface area (Å²) in [5, 5.41) is 9.11. The molecule has 1 aromatic rings. The number of rotatable bonds is 4. The van der Waals surface area contributed by atoms with Gasteiger partial charge in [-0.2, -0.15) is 0 Å². The van der Waals surface area contributed by atoms with Crippen molar-refractivity contribution in [2.45, 2.75) is 12.5 Å². The van der Waals surface area contributed by atoms with Crippen LogP contribution in [0.25, 0.3) is 0 Å². The van der Waals surface area contributed by atoms with Crippen LogP contribution in [0.1, 0.15) is 5.56 Å².